The molecule has 0 atom stereocenters. The quantitative estimate of drug-likeness (QED) is 0.620. The normalized spacial score (nSPS) is 15.2. The lowest BCUT2D eigenvalue weighted by molar-refractivity contribution is 0.373. The Balaban J connectivity index is 1.47. The Morgan fingerprint density at radius 1 is 0.933 bits per heavy atom. The Labute approximate surface area is 176 Å². The molecule has 2 aromatic heterocycles. The average Bonchev–Trinajstić information content (AvgIpc) is 2.80. The fraction of sp³-hybridized carbons (Fsp3) is 0.286. The molecule has 1 saturated heterocycles. The molecule has 0 unspecified atom stereocenters. The molecular formula is C21H23N5O3S. The number of aryl methyl sites for hydroxylation is 1. The third-order valence-electron chi connectivity index (χ3n) is 5.13. The number of hydrogen-bond acceptors (Lipinski definition) is 7. The Bertz CT molecular complexity index is 1110. The number of hydrogen-bond donors (Lipinski definition) is 0. The van der Waals surface area contributed by atoms with Gasteiger partial charge in [-0.2, -0.15) is 4.31 Å². The largest absolute Gasteiger partial charge is 0.495 e. The minimum absolute atomic E-state index is 0.208. The van der Waals surface area contributed by atoms with Crippen LogP contribution in [0.15, 0.2) is 59.8 Å². The summed E-state index contributed by atoms with van der Waals surface area (Å²) in [5.41, 5.74) is 2.60. The van der Waals surface area contributed by atoms with Gasteiger partial charge >= 0.3 is 0 Å². The number of pyridine rings is 1. The summed E-state index contributed by atoms with van der Waals surface area (Å²) >= 11 is 0. The maximum absolute atomic E-state index is 13.2. The minimum Gasteiger partial charge on any atom is -0.495 e. The highest BCUT2D eigenvalue weighted by molar-refractivity contribution is 7.89. The van der Waals surface area contributed by atoms with Crippen LogP contribution in [0.3, 0.4) is 0 Å². The summed E-state index contributed by atoms with van der Waals surface area (Å²) in [5.74, 6) is 1.10. The summed E-state index contributed by atoms with van der Waals surface area (Å²) in [7, 11) is -2.15. The number of nitrogens with zero attached hydrogens (tertiary/aromatic N) is 5. The van der Waals surface area contributed by atoms with Crippen molar-refractivity contribution in [3.63, 3.8) is 0 Å². The highest BCUT2D eigenvalue weighted by Gasteiger charge is 2.31. The molecule has 0 spiro atoms. The van der Waals surface area contributed by atoms with Crippen LogP contribution < -0.4 is 9.64 Å². The van der Waals surface area contributed by atoms with Crippen LogP contribution in [0.2, 0.25) is 0 Å². The zero-order valence-electron chi connectivity index (χ0n) is 16.9. The summed E-state index contributed by atoms with van der Waals surface area (Å²) in [6, 6.07) is 12.8. The smallest absolute Gasteiger partial charge is 0.246 e. The molecule has 8 nitrogen and oxygen atoms in total. The average molecular weight is 426 g/mol. The molecule has 0 saturated carbocycles. The standard InChI is InChI=1S/C21H23N5O3S/c1-16-3-5-19(29-2)20(15-16)30(27,28)26-13-11-25(12-14-26)21-6-4-18(23-24-21)17-7-9-22-10-8-17/h3-10,15H,11-14H2,1-2H3. The molecule has 0 bridgehead atoms. The molecule has 9 heteroatoms. The van der Waals surface area contributed by atoms with Gasteiger partial charge in [-0.3, -0.25) is 4.98 Å². The molecule has 1 fully saturated rings. The van der Waals surface area contributed by atoms with E-state index in [4.69, 9.17) is 4.74 Å². The van der Waals surface area contributed by atoms with Gasteiger partial charge in [0.1, 0.15) is 10.6 Å². The van der Waals surface area contributed by atoms with Crippen LogP contribution in [0.25, 0.3) is 11.3 Å². The van der Waals surface area contributed by atoms with E-state index in [1.165, 1.54) is 11.4 Å². The van der Waals surface area contributed by atoms with Gasteiger partial charge in [0.15, 0.2) is 5.82 Å². The molecule has 0 N–H and O–H groups in total. The molecule has 156 valence electrons. The van der Waals surface area contributed by atoms with Crippen LogP contribution in [0.4, 0.5) is 5.82 Å². The van der Waals surface area contributed by atoms with Crippen molar-refractivity contribution >= 4 is 15.8 Å². The SMILES string of the molecule is COc1ccc(C)cc1S(=O)(=O)N1CCN(c2ccc(-c3ccncc3)nn2)CC1. The van der Waals surface area contributed by atoms with Crippen LogP contribution in [-0.4, -0.2) is 61.2 Å². The Morgan fingerprint density at radius 2 is 1.67 bits per heavy atom. The topological polar surface area (TPSA) is 88.5 Å². The van der Waals surface area contributed by atoms with Gasteiger partial charge in [-0.1, -0.05) is 6.07 Å². The van der Waals surface area contributed by atoms with Crippen molar-refractivity contribution in [1.82, 2.24) is 19.5 Å². The number of aromatic nitrogens is 3. The molecule has 1 aliphatic heterocycles. The van der Waals surface area contributed by atoms with Crippen molar-refractivity contribution in [1.29, 1.82) is 0 Å². The summed E-state index contributed by atoms with van der Waals surface area (Å²) in [4.78, 5) is 6.26. The lowest BCUT2D eigenvalue weighted by Gasteiger charge is -2.34. The Kier molecular flexibility index (Phi) is 5.65. The maximum Gasteiger partial charge on any atom is 0.246 e. The first-order valence-electron chi connectivity index (χ1n) is 9.63. The van der Waals surface area contributed by atoms with Gasteiger partial charge in [0.25, 0.3) is 0 Å². The van der Waals surface area contributed by atoms with E-state index in [9.17, 15) is 8.42 Å². The van der Waals surface area contributed by atoms with Crippen LogP contribution in [0.5, 0.6) is 5.75 Å². The summed E-state index contributed by atoms with van der Waals surface area (Å²) in [5, 5.41) is 8.63. The van der Waals surface area contributed by atoms with Gasteiger partial charge in [0.2, 0.25) is 10.0 Å². The van der Waals surface area contributed by atoms with Crippen LogP contribution in [0, 0.1) is 6.92 Å². The Morgan fingerprint density at radius 3 is 2.30 bits per heavy atom. The minimum atomic E-state index is -3.64. The molecule has 0 amide bonds. The number of ether oxygens (including phenoxy) is 1. The fourth-order valence-corrected chi connectivity index (χ4v) is 5.12. The summed E-state index contributed by atoms with van der Waals surface area (Å²) < 4.78 is 33.1. The van der Waals surface area contributed by atoms with Crippen molar-refractivity contribution in [2.45, 2.75) is 11.8 Å². The molecule has 3 aromatic rings. The lowest BCUT2D eigenvalue weighted by atomic mass is 10.2. The van der Waals surface area contributed by atoms with E-state index in [2.05, 4.69) is 15.2 Å². The van der Waals surface area contributed by atoms with Crippen molar-refractivity contribution < 1.29 is 13.2 Å². The molecule has 3 heterocycles. The van der Waals surface area contributed by atoms with Gasteiger partial charge in [-0.25, -0.2) is 8.42 Å². The van der Waals surface area contributed by atoms with Gasteiger partial charge in [0, 0.05) is 44.1 Å². The second-order valence-electron chi connectivity index (χ2n) is 7.06. The van der Waals surface area contributed by atoms with Crippen molar-refractivity contribution in [3.8, 4) is 17.0 Å². The first kappa shape index (κ1) is 20.2. The predicted molar refractivity (Wildman–Crippen MR) is 114 cm³/mol. The van der Waals surface area contributed by atoms with Gasteiger partial charge in [-0.15, -0.1) is 10.2 Å². The van der Waals surface area contributed by atoms with Crippen molar-refractivity contribution in [2.75, 3.05) is 38.2 Å². The number of sulfonamides is 1. The molecular weight excluding hydrogens is 402 g/mol. The van der Waals surface area contributed by atoms with Gasteiger partial charge < -0.3 is 9.64 Å². The number of methoxy groups -OCH3 is 1. The number of anilines is 1. The van der Waals surface area contributed by atoms with Crippen molar-refractivity contribution in [3.05, 3.63) is 60.4 Å². The molecule has 1 aromatic carbocycles. The van der Waals surface area contributed by atoms with Crippen LogP contribution in [0.1, 0.15) is 5.56 Å². The number of piperazine rings is 1. The van der Waals surface area contributed by atoms with Crippen LogP contribution >= 0.6 is 0 Å². The third-order valence-corrected chi connectivity index (χ3v) is 7.05. The zero-order valence-corrected chi connectivity index (χ0v) is 17.7. The molecule has 0 aliphatic carbocycles. The van der Waals surface area contributed by atoms with E-state index in [1.54, 1.807) is 24.5 Å². The highest BCUT2D eigenvalue weighted by Crippen LogP contribution is 2.29. The molecule has 4 rings (SSSR count). The Hall–Kier alpha value is -3.04. The maximum atomic E-state index is 13.2. The monoisotopic (exact) mass is 425 g/mol. The number of rotatable bonds is 5. The van der Waals surface area contributed by atoms with E-state index >= 15 is 0 Å². The summed E-state index contributed by atoms with van der Waals surface area (Å²) in [6.45, 7) is 3.68. The molecule has 1 aliphatic rings. The molecule has 0 radical (unpaired) electrons. The predicted octanol–water partition coefficient (Wildman–Crippen LogP) is 2.37. The first-order valence-corrected chi connectivity index (χ1v) is 11.1. The van der Waals surface area contributed by atoms with E-state index in [0.717, 1.165) is 22.6 Å². The lowest BCUT2D eigenvalue weighted by Crippen LogP contribution is -2.49. The second-order valence-corrected chi connectivity index (χ2v) is 8.96. The first-order chi connectivity index (χ1) is 14.5. The van der Waals surface area contributed by atoms with Crippen molar-refractivity contribution in [2.24, 2.45) is 0 Å². The third kappa shape index (κ3) is 3.99. The number of benzene rings is 1. The fourth-order valence-electron chi connectivity index (χ4n) is 3.45. The van der Waals surface area contributed by atoms with E-state index in [-0.39, 0.29) is 4.90 Å². The van der Waals surface area contributed by atoms with E-state index in [0.29, 0.717) is 31.9 Å². The van der Waals surface area contributed by atoms with Gasteiger partial charge in [0.05, 0.1) is 12.8 Å². The second kappa shape index (κ2) is 8.37. The van der Waals surface area contributed by atoms with Crippen LogP contribution in [-0.2, 0) is 10.0 Å². The van der Waals surface area contributed by atoms with E-state index < -0.39 is 10.0 Å². The summed E-state index contributed by atoms with van der Waals surface area (Å²) in [6.07, 6.45) is 3.43. The van der Waals surface area contributed by atoms with E-state index in [1.807, 2.05) is 42.2 Å². The zero-order chi connectivity index (χ0) is 21.1. The van der Waals surface area contributed by atoms with Gasteiger partial charge in [-0.05, 0) is 48.9 Å². The molecule has 30 heavy (non-hydrogen) atoms. The highest BCUT2D eigenvalue weighted by atomic mass is 32.2.